The number of sulfonamides is 1. The van der Waals surface area contributed by atoms with Crippen molar-refractivity contribution in [2.45, 2.75) is 17.7 Å². The Kier molecular flexibility index (Phi) is 5.01. The average molecular weight is 321 g/mol. The maximum absolute atomic E-state index is 13.1. The fourth-order valence-corrected chi connectivity index (χ4v) is 4.17. The summed E-state index contributed by atoms with van der Waals surface area (Å²) in [5.74, 6) is -0.110. The topological polar surface area (TPSA) is 49.4 Å². The quantitative estimate of drug-likeness (QED) is 0.924. The molecular weight excluding hydrogens is 303 g/mol. The van der Waals surface area contributed by atoms with Gasteiger partial charge in [0.25, 0.3) is 0 Å². The van der Waals surface area contributed by atoms with Gasteiger partial charge in [0, 0.05) is 13.1 Å². The number of rotatable bonds is 4. The summed E-state index contributed by atoms with van der Waals surface area (Å²) in [5, 5.41) is 2.94. The second kappa shape index (κ2) is 6.39. The van der Waals surface area contributed by atoms with E-state index in [0.29, 0.717) is 19.0 Å². The first-order valence-corrected chi connectivity index (χ1v) is 8.36. The molecule has 1 N–H and O–H groups in total. The number of benzene rings is 1. The number of piperidine rings is 1. The van der Waals surface area contributed by atoms with Crippen LogP contribution in [0.4, 0.5) is 4.39 Å². The first-order valence-electron chi connectivity index (χ1n) is 6.55. The van der Waals surface area contributed by atoms with E-state index in [9.17, 15) is 12.8 Å². The van der Waals surface area contributed by atoms with E-state index in [1.165, 1.54) is 16.4 Å². The van der Waals surface area contributed by atoms with Gasteiger partial charge < -0.3 is 5.32 Å². The molecular formula is C13H18ClFN2O2S. The lowest BCUT2D eigenvalue weighted by molar-refractivity contribution is 0.270. The van der Waals surface area contributed by atoms with Crippen LogP contribution in [0.25, 0.3) is 0 Å². The van der Waals surface area contributed by atoms with Gasteiger partial charge in [-0.2, -0.15) is 4.31 Å². The highest BCUT2D eigenvalue weighted by Crippen LogP contribution is 2.26. The van der Waals surface area contributed by atoms with Crippen molar-refractivity contribution < 1.29 is 12.8 Å². The molecule has 0 unspecified atom stereocenters. The smallest absolute Gasteiger partial charge is 0.243 e. The van der Waals surface area contributed by atoms with Gasteiger partial charge in [-0.3, -0.25) is 0 Å². The average Bonchev–Trinajstić information content (AvgIpc) is 2.43. The van der Waals surface area contributed by atoms with Crippen molar-refractivity contribution in [2.24, 2.45) is 5.92 Å². The van der Waals surface area contributed by atoms with Crippen LogP contribution in [0.15, 0.2) is 23.1 Å². The minimum Gasteiger partial charge on any atom is -0.319 e. The molecule has 1 aliphatic heterocycles. The molecule has 1 fully saturated rings. The molecule has 4 nitrogen and oxygen atoms in total. The largest absolute Gasteiger partial charge is 0.319 e. The van der Waals surface area contributed by atoms with Gasteiger partial charge in [0.1, 0.15) is 5.82 Å². The van der Waals surface area contributed by atoms with E-state index in [1.807, 2.05) is 7.05 Å². The number of hydrogen-bond donors (Lipinski definition) is 1. The predicted octanol–water partition coefficient (Wildman–Crippen LogP) is 2.10. The molecule has 0 atom stereocenters. The summed E-state index contributed by atoms with van der Waals surface area (Å²) in [7, 11) is -1.69. The SMILES string of the molecule is CNCC1CCN(S(=O)(=O)c2ccc(F)c(Cl)c2)CC1. The molecule has 0 amide bonds. The van der Waals surface area contributed by atoms with E-state index in [-0.39, 0.29) is 9.92 Å². The first-order chi connectivity index (χ1) is 9.45. The van der Waals surface area contributed by atoms with Crippen LogP contribution in [-0.2, 0) is 10.0 Å². The third kappa shape index (κ3) is 3.31. The van der Waals surface area contributed by atoms with Gasteiger partial charge in [0.2, 0.25) is 10.0 Å². The molecule has 0 aliphatic carbocycles. The highest BCUT2D eigenvalue weighted by Gasteiger charge is 2.29. The van der Waals surface area contributed by atoms with Crippen molar-refractivity contribution in [3.8, 4) is 0 Å². The molecule has 1 aromatic rings. The van der Waals surface area contributed by atoms with Crippen molar-refractivity contribution in [3.05, 3.63) is 29.0 Å². The molecule has 1 heterocycles. The fourth-order valence-electron chi connectivity index (χ4n) is 2.43. The van der Waals surface area contributed by atoms with E-state index < -0.39 is 15.8 Å². The lowest BCUT2D eigenvalue weighted by atomic mass is 9.98. The summed E-state index contributed by atoms with van der Waals surface area (Å²) in [6, 6.07) is 3.52. The Morgan fingerprint density at radius 3 is 2.60 bits per heavy atom. The summed E-state index contributed by atoms with van der Waals surface area (Å²) >= 11 is 5.66. The maximum atomic E-state index is 13.1. The zero-order chi connectivity index (χ0) is 14.8. The Hall–Kier alpha value is -0.690. The van der Waals surface area contributed by atoms with Crippen LogP contribution in [0.2, 0.25) is 5.02 Å². The molecule has 7 heteroatoms. The minimum absolute atomic E-state index is 0.0518. The summed E-state index contributed by atoms with van der Waals surface area (Å²) in [5.41, 5.74) is 0. The number of halogens is 2. The van der Waals surface area contributed by atoms with Gasteiger partial charge in [-0.15, -0.1) is 0 Å². The predicted molar refractivity (Wildman–Crippen MR) is 76.8 cm³/mol. The molecule has 0 spiro atoms. The van der Waals surface area contributed by atoms with Crippen molar-refractivity contribution >= 4 is 21.6 Å². The molecule has 20 heavy (non-hydrogen) atoms. The zero-order valence-electron chi connectivity index (χ0n) is 11.3. The van der Waals surface area contributed by atoms with Crippen LogP contribution < -0.4 is 5.32 Å². The van der Waals surface area contributed by atoms with Gasteiger partial charge in [0.05, 0.1) is 9.92 Å². The van der Waals surface area contributed by atoms with E-state index in [1.54, 1.807) is 0 Å². The Balaban J connectivity index is 2.13. The first kappa shape index (κ1) is 15.7. The number of hydrogen-bond acceptors (Lipinski definition) is 3. The van der Waals surface area contributed by atoms with E-state index >= 15 is 0 Å². The highest BCUT2D eigenvalue weighted by atomic mass is 35.5. The highest BCUT2D eigenvalue weighted by molar-refractivity contribution is 7.89. The molecule has 0 saturated carbocycles. The lowest BCUT2D eigenvalue weighted by Gasteiger charge is -2.31. The second-order valence-corrected chi connectivity index (χ2v) is 7.33. The van der Waals surface area contributed by atoms with Crippen molar-refractivity contribution in [1.82, 2.24) is 9.62 Å². The van der Waals surface area contributed by atoms with Gasteiger partial charge >= 0.3 is 0 Å². The van der Waals surface area contributed by atoms with Crippen molar-refractivity contribution in [3.63, 3.8) is 0 Å². The Morgan fingerprint density at radius 2 is 2.05 bits per heavy atom. The Labute approximate surface area is 124 Å². The van der Waals surface area contributed by atoms with Gasteiger partial charge in [-0.25, -0.2) is 12.8 Å². The minimum atomic E-state index is -3.58. The van der Waals surface area contributed by atoms with E-state index in [4.69, 9.17) is 11.6 Å². The normalized spacial score (nSPS) is 18.4. The van der Waals surface area contributed by atoms with Crippen LogP contribution >= 0.6 is 11.6 Å². The van der Waals surface area contributed by atoms with Gasteiger partial charge in [-0.05, 0) is 50.6 Å². The molecule has 1 saturated heterocycles. The fraction of sp³-hybridized carbons (Fsp3) is 0.538. The summed E-state index contributed by atoms with van der Waals surface area (Å²) in [6.45, 7) is 1.88. The van der Waals surface area contributed by atoms with Crippen LogP contribution in [-0.4, -0.2) is 39.4 Å². The van der Waals surface area contributed by atoms with Crippen LogP contribution in [0.5, 0.6) is 0 Å². The maximum Gasteiger partial charge on any atom is 0.243 e. The van der Waals surface area contributed by atoms with Crippen LogP contribution in [0.1, 0.15) is 12.8 Å². The monoisotopic (exact) mass is 320 g/mol. The third-order valence-corrected chi connectivity index (χ3v) is 5.78. The number of nitrogens with zero attached hydrogens (tertiary/aromatic N) is 1. The Morgan fingerprint density at radius 1 is 1.40 bits per heavy atom. The molecule has 0 bridgehead atoms. The summed E-state index contributed by atoms with van der Waals surface area (Å²) < 4.78 is 39.5. The van der Waals surface area contributed by atoms with Crippen molar-refractivity contribution in [1.29, 1.82) is 0 Å². The molecule has 1 aromatic carbocycles. The number of nitrogens with one attached hydrogen (secondary N) is 1. The summed E-state index contributed by atoms with van der Waals surface area (Å²) in [4.78, 5) is 0.0518. The van der Waals surface area contributed by atoms with E-state index in [0.717, 1.165) is 25.5 Å². The van der Waals surface area contributed by atoms with Gasteiger partial charge in [-0.1, -0.05) is 11.6 Å². The van der Waals surface area contributed by atoms with Crippen molar-refractivity contribution in [2.75, 3.05) is 26.7 Å². The Bertz CT molecular complexity index is 572. The van der Waals surface area contributed by atoms with E-state index in [2.05, 4.69) is 5.32 Å². The second-order valence-electron chi connectivity index (χ2n) is 4.98. The van der Waals surface area contributed by atoms with Gasteiger partial charge in [0.15, 0.2) is 0 Å². The lowest BCUT2D eigenvalue weighted by Crippen LogP contribution is -2.40. The third-order valence-electron chi connectivity index (χ3n) is 3.60. The van der Waals surface area contributed by atoms with Crippen LogP contribution in [0, 0.1) is 11.7 Å². The molecule has 1 aliphatic rings. The zero-order valence-corrected chi connectivity index (χ0v) is 12.8. The standard InChI is InChI=1S/C13H18ClFN2O2S/c1-16-9-10-4-6-17(7-5-10)20(18,19)11-2-3-13(15)12(14)8-11/h2-3,8,10,16H,4-7,9H2,1H3. The molecule has 0 aromatic heterocycles. The molecule has 0 radical (unpaired) electrons. The molecule has 2 rings (SSSR count). The van der Waals surface area contributed by atoms with Crippen LogP contribution in [0.3, 0.4) is 0 Å². The summed E-state index contributed by atoms with van der Waals surface area (Å²) in [6.07, 6.45) is 1.66. The molecule has 112 valence electrons.